The number of hydrogen-bond acceptors (Lipinski definition) is 2. The summed E-state index contributed by atoms with van der Waals surface area (Å²) in [6.45, 7) is 10.1. The van der Waals surface area contributed by atoms with Crippen LogP contribution in [-0.4, -0.2) is 25.6 Å². The summed E-state index contributed by atoms with van der Waals surface area (Å²) in [5, 5.41) is 3.57. The Kier molecular flexibility index (Phi) is 7.95. The molecule has 26 heavy (non-hydrogen) atoms. The Morgan fingerprint density at radius 2 is 1.73 bits per heavy atom. The maximum absolute atomic E-state index is 12.0. The minimum Gasteiger partial charge on any atom is -0.484 e. The number of nitrogens with one attached hydrogen (secondary N) is 2. The summed E-state index contributed by atoms with van der Waals surface area (Å²) >= 11 is 5.98. The van der Waals surface area contributed by atoms with Crippen LogP contribution in [0, 0.1) is 6.92 Å². The van der Waals surface area contributed by atoms with Crippen LogP contribution in [0.3, 0.4) is 0 Å². The molecule has 0 unspecified atom stereocenters. The first-order chi connectivity index (χ1) is 12.5. The third-order valence-electron chi connectivity index (χ3n) is 4.47. The van der Waals surface area contributed by atoms with Crippen molar-refractivity contribution in [1.29, 1.82) is 0 Å². The van der Waals surface area contributed by atoms with E-state index in [0.717, 1.165) is 30.8 Å². The first kappa shape index (κ1) is 20.3. The molecule has 0 radical (unpaired) electrons. The summed E-state index contributed by atoms with van der Waals surface area (Å²) in [7, 11) is 0. The molecule has 0 saturated heterocycles. The van der Waals surface area contributed by atoms with Crippen molar-refractivity contribution in [2.45, 2.75) is 33.9 Å². The molecule has 0 spiro atoms. The van der Waals surface area contributed by atoms with Gasteiger partial charge in [-0.2, -0.15) is 0 Å². The summed E-state index contributed by atoms with van der Waals surface area (Å²) < 4.78 is 5.51. The molecule has 2 aromatic rings. The second-order valence-corrected chi connectivity index (χ2v) is 6.83. The molecule has 4 nitrogen and oxygen atoms in total. The van der Waals surface area contributed by atoms with Crippen LogP contribution in [0.5, 0.6) is 5.75 Å². The van der Waals surface area contributed by atoms with Gasteiger partial charge in [-0.25, -0.2) is 0 Å². The van der Waals surface area contributed by atoms with E-state index in [1.807, 2.05) is 13.0 Å². The van der Waals surface area contributed by atoms with E-state index in [1.165, 1.54) is 5.56 Å². The number of quaternary nitrogens is 1. The molecule has 0 aliphatic rings. The Bertz CT molecular complexity index is 712. The fraction of sp³-hybridized carbons (Fsp3) is 0.381. The lowest BCUT2D eigenvalue weighted by atomic mass is 10.1. The van der Waals surface area contributed by atoms with Gasteiger partial charge in [-0.05, 0) is 50.1 Å². The summed E-state index contributed by atoms with van der Waals surface area (Å²) in [5.74, 6) is 0.500. The third-order valence-corrected chi connectivity index (χ3v) is 4.89. The van der Waals surface area contributed by atoms with Gasteiger partial charge >= 0.3 is 0 Å². The van der Waals surface area contributed by atoms with Gasteiger partial charge in [-0.1, -0.05) is 35.9 Å². The Labute approximate surface area is 161 Å². The van der Waals surface area contributed by atoms with Crippen molar-refractivity contribution in [2.24, 2.45) is 0 Å². The number of hydrogen-bond donors (Lipinski definition) is 2. The highest BCUT2D eigenvalue weighted by atomic mass is 35.5. The Hall–Kier alpha value is -2.04. The largest absolute Gasteiger partial charge is 0.484 e. The van der Waals surface area contributed by atoms with Gasteiger partial charge in [0.25, 0.3) is 5.91 Å². The van der Waals surface area contributed by atoms with Gasteiger partial charge in [0.05, 0.1) is 13.1 Å². The molecule has 140 valence electrons. The van der Waals surface area contributed by atoms with Crippen molar-refractivity contribution < 1.29 is 14.4 Å². The highest BCUT2D eigenvalue weighted by Gasteiger charge is 2.06. The highest BCUT2D eigenvalue weighted by Crippen LogP contribution is 2.20. The van der Waals surface area contributed by atoms with Gasteiger partial charge in [0.2, 0.25) is 0 Å². The first-order valence-electron chi connectivity index (χ1n) is 9.08. The summed E-state index contributed by atoms with van der Waals surface area (Å²) in [5.41, 5.74) is 3.33. The Morgan fingerprint density at radius 3 is 2.35 bits per heavy atom. The van der Waals surface area contributed by atoms with E-state index in [1.54, 1.807) is 17.0 Å². The average molecular weight is 376 g/mol. The van der Waals surface area contributed by atoms with E-state index >= 15 is 0 Å². The Morgan fingerprint density at radius 1 is 1.08 bits per heavy atom. The zero-order valence-electron chi connectivity index (χ0n) is 15.8. The number of aryl methyl sites for hydroxylation is 1. The monoisotopic (exact) mass is 375 g/mol. The zero-order valence-corrected chi connectivity index (χ0v) is 16.5. The molecule has 0 atom stereocenters. The zero-order chi connectivity index (χ0) is 18.9. The summed E-state index contributed by atoms with van der Waals surface area (Å²) in [6, 6.07) is 13.8. The van der Waals surface area contributed by atoms with E-state index in [9.17, 15) is 4.79 Å². The molecule has 0 aliphatic carbocycles. The van der Waals surface area contributed by atoms with Gasteiger partial charge < -0.3 is 15.0 Å². The van der Waals surface area contributed by atoms with E-state index < -0.39 is 0 Å². The lowest BCUT2D eigenvalue weighted by Gasteiger charge is -2.15. The molecule has 0 fully saturated rings. The third kappa shape index (κ3) is 6.36. The molecule has 0 aliphatic heterocycles. The summed E-state index contributed by atoms with van der Waals surface area (Å²) in [6.07, 6.45) is 0. The molecule has 2 N–H and O–H groups in total. The van der Waals surface area contributed by atoms with Gasteiger partial charge in [-0.3, -0.25) is 4.79 Å². The second-order valence-electron chi connectivity index (χ2n) is 6.43. The van der Waals surface area contributed by atoms with Gasteiger partial charge in [0, 0.05) is 17.1 Å². The lowest BCUT2D eigenvalue weighted by molar-refractivity contribution is -0.910. The van der Waals surface area contributed by atoms with Crippen molar-refractivity contribution in [3.05, 3.63) is 64.2 Å². The number of amides is 1. The lowest BCUT2D eigenvalue weighted by Crippen LogP contribution is -3.10. The Balaban J connectivity index is 1.77. The number of ether oxygens (including phenoxy) is 1. The van der Waals surface area contributed by atoms with E-state index in [0.29, 0.717) is 17.3 Å². The molecule has 5 heteroatoms. The van der Waals surface area contributed by atoms with Crippen LogP contribution in [0.2, 0.25) is 5.02 Å². The van der Waals surface area contributed by atoms with Gasteiger partial charge in [-0.15, -0.1) is 0 Å². The fourth-order valence-corrected chi connectivity index (χ4v) is 2.79. The minimum absolute atomic E-state index is 0.00945. The number of halogens is 1. The summed E-state index contributed by atoms with van der Waals surface area (Å²) in [4.78, 5) is 13.5. The minimum atomic E-state index is -0.144. The van der Waals surface area contributed by atoms with Crippen LogP contribution in [0.25, 0.3) is 0 Å². The molecule has 1 amide bonds. The maximum Gasteiger partial charge on any atom is 0.258 e. The number of benzene rings is 2. The second kappa shape index (κ2) is 10.2. The van der Waals surface area contributed by atoms with Crippen molar-refractivity contribution >= 4 is 17.5 Å². The van der Waals surface area contributed by atoms with Crippen LogP contribution in [0.1, 0.15) is 30.5 Å². The SMILES string of the molecule is CC[NH+](CC)Cc1ccc(CNC(=O)COc2ccc(Cl)c(C)c2)cc1. The van der Waals surface area contributed by atoms with Crippen molar-refractivity contribution in [2.75, 3.05) is 19.7 Å². The van der Waals surface area contributed by atoms with Crippen LogP contribution in [0.4, 0.5) is 0 Å². The molecule has 0 aromatic heterocycles. The normalized spacial score (nSPS) is 10.8. The van der Waals surface area contributed by atoms with Gasteiger partial charge in [0.1, 0.15) is 12.3 Å². The van der Waals surface area contributed by atoms with E-state index in [-0.39, 0.29) is 12.5 Å². The number of carbonyl (C=O) groups is 1. The topological polar surface area (TPSA) is 42.8 Å². The smallest absolute Gasteiger partial charge is 0.258 e. The first-order valence-corrected chi connectivity index (χ1v) is 9.46. The number of carbonyl (C=O) groups excluding carboxylic acids is 1. The molecule has 2 rings (SSSR count). The predicted octanol–water partition coefficient (Wildman–Crippen LogP) is 2.77. The van der Waals surface area contributed by atoms with Crippen molar-refractivity contribution in [3.63, 3.8) is 0 Å². The van der Waals surface area contributed by atoms with E-state index in [4.69, 9.17) is 16.3 Å². The molecule has 0 heterocycles. The quantitative estimate of drug-likeness (QED) is 0.707. The highest BCUT2D eigenvalue weighted by molar-refractivity contribution is 6.31. The standard InChI is InChI=1S/C21H27ClN2O2/c1-4-24(5-2)14-18-8-6-17(7-9-18)13-23-21(25)15-26-19-10-11-20(22)16(3)12-19/h6-12H,4-5,13-15H2,1-3H3,(H,23,25)/p+1. The fourth-order valence-electron chi connectivity index (χ4n) is 2.67. The van der Waals surface area contributed by atoms with E-state index in [2.05, 4.69) is 43.4 Å². The van der Waals surface area contributed by atoms with Crippen LogP contribution in [-0.2, 0) is 17.9 Å². The van der Waals surface area contributed by atoms with Crippen molar-refractivity contribution in [3.8, 4) is 5.75 Å². The number of rotatable bonds is 9. The van der Waals surface area contributed by atoms with Crippen LogP contribution < -0.4 is 15.0 Å². The van der Waals surface area contributed by atoms with Crippen LogP contribution >= 0.6 is 11.6 Å². The predicted molar refractivity (Wildman–Crippen MR) is 106 cm³/mol. The molecule has 2 aromatic carbocycles. The van der Waals surface area contributed by atoms with Crippen molar-refractivity contribution in [1.82, 2.24) is 5.32 Å². The average Bonchev–Trinajstić information content (AvgIpc) is 2.66. The van der Waals surface area contributed by atoms with Crippen LogP contribution in [0.15, 0.2) is 42.5 Å². The maximum atomic E-state index is 12.0. The molecular formula is C21H28ClN2O2+. The molecule has 0 saturated carbocycles. The van der Waals surface area contributed by atoms with Gasteiger partial charge in [0.15, 0.2) is 6.61 Å². The molecular weight excluding hydrogens is 348 g/mol. The molecule has 0 bridgehead atoms.